The zero-order valence-corrected chi connectivity index (χ0v) is 9.94. The molecule has 0 saturated carbocycles. The molecule has 0 atom stereocenters. The first-order valence-corrected chi connectivity index (χ1v) is 5.78. The molecular formula is C14H16N2O. The van der Waals surface area contributed by atoms with Crippen LogP contribution in [0.5, 0.6) is 0 Å². The predicted molar refractivity (Wildman–Crippen MR) is 69.0 cm³/mol. The number of aliphatic imine (C=N–C) groups is 1. The molecule has 3 nitrogen and oxygen atoms in total. The van der Waals surface area contributed by atoms with E-state index in [2.05, 4.69) is 4.99 Å². The zero-order chi connectivity index (χ0) is 12.3. The molecule has 88 valence electrons. The maximum atomic E-state index is 12.0. The Bertz CT molecular complexity index is 486. The molecule has 3 heteroatoms. The third kappa shape index (κ3) is 2.28. The zero-order valence-electron chi connectivity index (χ0n) is 9.94. The van der Waals surface area contributed by atoms with Crippen molar-refractivity contribution in [3.8, 4) is 0 Å². The number of rotatable bonds is 2. The van der Waals surface area contributed by atoms with Gasteiger partial charge in [-0.1, -0.05) is 30.3 Å². The summed E-state index contributed by atoms with van der Waals surface area (Å²) in [5.41, 5.74) is 8.91. The van der Waals surface area contributed by atoms with Gasteiger partial charge in [0.05, 0.1) is 11.3 Å². The van der Waals surface area contributed by atoms with E-state index in [4.69, 9.17) is 5.73 Å². The smallest absolute Gasteiger partial charge is 0.166 e. The van der Waals surface area contributed by atoms with E-state index in [1.807, 2.05) is 30.3 Å². The Labute approximate surface area is 101 Å². The Morgan fingerprint density at radius 3 is 2.53 bits per heavy atom. The first kappa shape index (κ1) is 11.6. The number of nitrogens with zero attached hydrogens (tertiary/aromatic N) is 1. The highest BCUT2D eigenvalue weighted by atomic mass is 16.1. The summed E-state index contributed by atoms with van der Waals surface area (Å²) in [4.78, 5) is 16.2. The number of hydrogen-bond acceptors (Lipinski definition) is 3. The summed E-state index contributed by atoms with van der Waals surface area (Å²) >= 11 is 0. The molecule has 1 aliphatic carbocycles. The first-order chi connectivity index (χ1) is 8.24. The molecule has 0 bridgehead atoms. The van der Waals surface area contributed by atoms with Crippen molar-refractivity contribution >= 4 is 11.5 Å². The van der Waals surface area contributed by atoms with E-state index in [9.17, 15) is 4.79 Å². The van der Waals surface area contributed by atoms with Crippen LogP contribution in [-0.4, -0.2) is 18.5 Å². The van der Waals surface area contributed by atoms with Crippen LogP contribution in [0.15, 0.2) is 46.6 Å². The lowest BCUT2D eigenvalue weighted by Gasteiger charge is -2.17. The number of ketones is 1. The van der Waals surface area contributed by atoms with E-state index < -0.39 is 0 Å². The standard InChI is InChI=1S/C14H16N2O/c1-16-14(10-6-3-2-4-7-10)13-11(15)8-5-9-12(13)17/h2-4,6-7H,5,8-9,15H2,1H3. The van der Waals surface area contributed by atoms with E-state index >= 15 is 0 Å². The highest BCUT2D eigenvalue weighted by Gasteiger charge is 2.23. The van der Waals surface area contributed by atoms with Crippen molar-refractivity contribution in [2.24, 2.45) is 10.7 Å². The number of carbonyl (C=O) groups is 1. The Morgan fingerprint density at radius 2 is 1.94 bits per heavy atom. The van der Waals surface area contributed by atoms with Gasteiger partial charge in [0.15, 0.2) is 5.78 Å². The molecule has 2 N–H and O–H groups in total. The van der Waals surface area contributed by atoms with Gasteiger partial charge in [-0.2, -0.15) is 0 Å². The average Bonchev–Trinajstić information content (AvgIpc) is 2.35. The summed E-state index contributed by atoms with van der Waals surface area (Å²) in [5, 5.41) is 0. The van der Waals surface area contributed by atoms with Gasteiger partial charge in [-0.25, -0.2) is 0 Å². The van der Waals surface area contributed by atoms with Gasteiger partial charge in [-0.15, -0.1) is 0 Å². The third-order valence-electron chi connectivity index (χ3n) is 2.96. The normalized spacial score (nSPS) is 17.5. The van der Waals surface area contributed by atoms with Crippen molar-refractivity contribution in [2.45, 2.75) is 19.3 Å². The fraction of sp³-hybridized carbons (Fsp3) is 0.286. The minimum atomic E-state index is 0.109. The van der Waals surface area contributed by atoms with Crippen LogP contribution in [0.4, 0.5) is 0 Å². The van der Waals surface area contributed by atoms with Crippen molar-refractivity contribution in [3.63, 3.8) is 0 Å². The summed E-state index contributed by atoms with van der Waals surface area (Å²) in [6.07, 6.45) is 2.20. The van der Waals surface area contributed by atoms with Crippen LogP contribution in [-0.2, 0) is 4.79 Å². The number of Topliss-reactive ketones (excluding diaryl/α,β-unsaturated/α-hetero) is 1. The topological polar surface area (TPSA) is 55.4 Å². The summed E-state index contributed by atoms with van der Waals surface area (Å²) < 4.78 is 0. The summed E-state index contributed by atoms with van der Waals surface area (Å²) in [7, 11) is 1.70. The van der Waals surface area contributed by atoms with Gasteiger partial charge in [0.2, 0.25) is 0 Å². The highest BCUT2D eigenvalue weighted by molar-refractivity contribution is 6.29. The van der Waals surface area contributed by atoms with Gasteiger partial charge >= 0.3 is 0 Å². The maximum Gasteiger partial charge on any atom is 0.166 e. The van der Waals surface area contributed by atoms with Crippen molar-refractivity contribution in [1.29, 1.82) is 0 Å². The summed E-state index contributed by atoms with van der Waals surface area (Å²) in [6.45, 7) is 0. The number of hydrogen-bond donors (Lipinski definition) is 1. The van der Waals surface area contributed by atoms with Crippen LogP contribution in [0.3, 0.4) is 0 Å². The van der Waals surface area contributed by atoms with Crippen LogP contribution in [0, 0.1) is 0 Å². The van der Waals surface area contributed by atoms with Crippen LogP contribution in [0.2, 0.25) is 0 Å². The van der Waals surface area contributed by atoms with Gasteiger partial charge in [0.1, 0.15) is 0 Å². The third-order valence-corrected chi connectivity index (χ3v) is 2.96. The lowest BCUT2D eigenvalue weighted by molar-refractivity contribution is -0.115. The highest BCUT2D eigenvalue weighted by Crippen LogP contribution is 2.22. The van der Waals surface area contributed by atoms with Gasteiger partial charge in [0, 0.05) is 24.7 Å². The van der Waals surface area contributed by atoms with Gasteiger partial charge in [-0.05, 0) is 12.8 Å². The molecule has 0 amide bonds. The van der Waals surface area contributed by atoms with E-state index in [0.717, 1.165) is 18.4 Å². The molecule has 0 saturated heterocycles. The molecule has 0 fully saturated rings. The quantitative estimate of drug-likeness (QED) is 0.788. The van der Waals surface area contributed by atoms with E-state index in [-0.39, 0.29) is 5.78 Å². The number of carbonyl (C=O) groups excluding carboxylic acids is 1. The number of allylic oxidation sites excluding steroid dienone is 2. The molecule has 17 heavy (non-hydrogen) atoms. The van der Waals surface area contributed by atoms with Crippen LogP contribution in [0.25, 0.3) is 0 Å². The van der Waals surface area contributed by atoms with Crippen LogP contribution < -0.4 is 5.73 Å². The molecule has 2 rings (SSSR count). The fourth-order valence-corrected chi connectivity index (χ4v) is 2.13. The van der Waals surface area contributed by atoms with Gasteiger partial charge in [-0.3, -0.25) is 9.79 Å². The van der Waals surface area contributed by atoms with Crippen LogP contribution in [0.1, 0.15) is 24.8 Å². The van der Waals surface area contributed by atoms with E-state index in [0.29, 0.717) is 23.4 Å². The van der Waals surface area contributed by atoms with E-state index in [1.165, 1.54) is 0 Å². The largest absolute Gasteiger partial charge is 0.401 e. The van der Waals surface area contributed by atoms with Crippen molar-refractivity contribution in [2.75, 3.05) is 7.05 Å². The molecule has 1 aromatic carbocycles. The Hall–Kier alpha value is -1.90. The minimum absolute atomic E-state index is 0.109. The number of benzene rings is 1. The lowest BCUT2D eigenvalue weighted by Crippen LogP contribution is -2.23. The SMILES string of the molecule is CN=C(C1=C(N)CCCC1=O)c1ccccc1. The molecular weight excluding hydrogens is 212 g/mol. The monoisotopic (exact) mass is 228 g/mol. The lowest BCUT2D eigenvalue weighted by atomic mass is 9.89. The average molecular weight is 228 g/mol. The molecule has 1 aromatic rings. The Morgan fingerprint density at radius 1 is 1.24 bits per heavy atom. The Kier molecular flexibility index (Phi) is 3.38. The van der Waals surface area contributed by atoms with Crippen molar-refractivity contribution in [1.82, 2.24) is 0 Å². The second-order valence-corrected chi connectivity index (χ2v) is 4.12. The molecule has 0 heterocycles. The molecule has 0 aromatic heterocycles. The predicted octanol–water partition coefficient (Wildman–Crippen LogP) is 2.07. The second kappa shape index (κ2) is 4.95. The van der Waals surface area contributed by atoms with E-state index in [1.54, 1.807) is 7.05 Å². The van der Waals surface area contributed by atoms with Crippen molar-refractivity contribution in [3.05, 3.63) is 47.2 Å². The summed E-state index contributed by atoms with van der Waals surface area (Å²) in [5.74, 6) is 0.109. The molecule has 0 aliphatic heterocycles. The van der Waals surface area contributed by atoms with Gasteiger partial charge < -0.3 is 5.73 Å². The summed E-state index contributed by atoms with van der Waals surface area (Å²) in [6, 6.07) is 9.71. The first-order valence-electron chi connectivity index (χ1n) is 5.78. The molecule has 0 spiro atoms. The van der Waals surface area contributed by atoms with Crippen LogP contribution >= 0.6 is 0 Å². The fourth-order valence-electron chi connectivity index (χ4n) is 2.13. The van der Waals surface area contributed by atoms with Crippen molar-refractivity contribution < 1.29 is 4.79 Å². The number of nitrogens with two attached hydrogens (primary N) is 1. The minimum Gasteiger partial charge on any atom is -0.401 e. The molecule has 0 unspecified atom stereocenters. The maximum absolute atomic E-state index is 12.0. The second-order valence-electron chi connectivity index (χ2n) is 4.12. The van der Waals surface area contributed by atoms with Gasteiger partial charge in [0.25, 0.3) is 0 Å². The Balaban J connectivity index is 2.48. The molecule has 1 aliphatic rings. The molecule has 0 radical (unpaired) electrons.